The highest BCUT2D eigenvalue weighted by Crippen LogP contribution is 2.58. The number of aliphatic carboxylic acids is 1. The number of ether oxygens (including phenoxy) is 7. The van der Waals surface area contributed by atoms with E-state index >= 15 is 0 Å². The van der Waals surface area contributed by atoms with Gasteiger partial charge in [0.25, 0.3) is 0 Å². The number of rotatable bonds is 9. The van der Waals surface area contributed by atoms with Gasteiger partial charge in [0, 0.05) is 24.2 Å². The number of carbonyl (C=O) groups is 1. The molecule has 0 aromatic heterocycles. The molecule has 0 spiro atoms. The Bertz CT molecular complexity index is 1240. The summed E-state index contributed by atoms with van der Waals surface area (Å²) < 4.78 is 41.5. The Morgan fingerprint density at radius 2 is 1.74 bits per heavy atom. The van der Waals surface area contributed by atoms with Crippen molar-refractivity contribution in [2.45, 2.75) is 45.8 Å². The zero-order chi connectivity index (χ0) is 28.6. The molecule has 2 N–H and O–H groups in total. The van der Waals surface area contributed by atoms with Gasteiger partial charge < -0.3 is 43.4 Å². The van der Waals surface area contributed by atoms with Gasteiger partial charge in [-0.25, -0.2) is 4.79 Å². The molecule has 5 atom stereocenters. The van der Waals surface area contributed by atoms with E-state index in [1.54, 1.807) is 35.4 Å². The van der Waals surface area contributed by atoms with E-state index in [9.17, 15) is 15.0 Å². The van der Waals surface area contributed by atoms with Crippen molar-refractivity contribution in [2.75, 3.05) is 41.8 Å². The van der Waals surface area contributed by atoms with Crippen LogP contribution in [0.2, 0.25) is 0 Å². The van der Waals surface area contributed by atoms with Crippen LogP contribution in [0.1, 0.15) is 44.9 Å². The first-order valence-corrected chi connectivity index (χ1v) is 12.9. The predicted molar refractivity (Wildman–Crippen MR) is 142 cm³/mol. The molecule has 4 rings (SSSR count). The molecule has 10 heteroatoms. The van der Waals surface area contributed by atoms with E-state index in [-0.39, 0.29) is 31.3 Å². The molecule has 0 fully saturated rings. The maximum Gasteiger partial charge on any atom is 0.335 e. The first kappa shape index (κ1) is 28.6. The van der Waals surface area contributed by atoms with Gasteiger partial charge in [0.2, 0.25) is 18.3 Å². The smallest absolute Gasteiger partial charge is 0.335 e. The van der Waals surface area contributed by atoms with Gasteiger partial charge in [0.15, 0.2) is 28.6 Å². The average Bonchev–Trinajstić information content (AvgIpc) is 3.38. The number of fused-ring (bicyclic) bond motifs is 4. The lowest BCUT2D eigenvalue weighted by Gasteiger charge is -2.35. The van der Waals surface area contributed by atoms with Crippen LogP contribution in [0.25, 0.3) is 11.1 Å². The minimum absolute atomic E-state index is 0.0135. The second-order valence-corrected chi connectivity index (χ2v) is 10.4. The summed E-state index contributed by atoms with van der Waals surface area (Å²) in [6.45, 7) is 7.10. The number of methoxy groups -OCH3 is 4. The quantitative estimate of drug-likeness (QED) is 0.466. The van der Waals surface area contributed by atoms with Gasteiger partial charge in [0.1, 0.15) is 0 Å². The number of hydrogen-bond donors (Lipinski definition) is 2. The molecule has 10 nitrogen and oxygen atoms in total. The fourth-order valence-electron chi connectivity index (χ4n) is 5.33. The topological polar surface area (TPSA) is 122 Å². The molecular formula is C29H38O10. The fourth-order valence-corrected chi connectivity index (χ4v) is 5.33. The molecular weight excluding hydrogens is 508 g/mol. The van der Waals surface area contributed by atoms with E-state index in [2.05, 4.69) is 13.8 Å². The monoisotopic (exact) mass is 546 g/mol. The molecule has 1 heterocycles. The molecule has 0 radical (unpaired) electrons. The van der Waals surface area contributed by atoms with E-state index in [1.807, 2.05) is 12.1 Å². The van der Waals surface area contributed by atoms with Gasteiger partial charge in [-0.3, -0.25) is 0 Å². The molecule has 2 aromatic carbocycles. The summed E-state index contributed by atoms with van der Waals surface area (Å²) in [5.74, 6) is 0.864. The number of hydrogen-bond acceptors (Lipinski definition) is 9. The van der Waals surface area contributed by atoms with E-state index in [0.717, 1.165) is 11.1 Å². The van der Waals surface area contributed by atoms with Crippen molar-refractivity contribution in [1.82, 2.24) is 0 Å². The minimum Gasteiger partial charge on any atom is -0.493 e. The van der Waals surface area contributed by atoms with E-state index < -0.39 is 17.5 Å². The van der Waals surface area contributed by atoms with Gasteiger partial charge in [-0.05, 0) is 48.4 Å². The van der Waals surface area contributed by atoms with Crippen molar-refractivity contribution >= 4 is 5.97 Å². The highest BCUT2D eigenvalue weighted by atomic mass is 16.7. The van der Waals surface area contributed by atoms with E-state index in [1.165, 1.54) is 6.92 Å². The van der Waals surface area contributed by atoms with Crippen LogP contribution in [-0.4, -0.2) is 63.6 Å². The molecule has 1 aliphatic heterocycles. The summed E-state index contributed by atoms with van der Waals surface area (Å²) in [7, 11) is 6.35. The van der Waals surface area contributed by atoms with Gasteiger partial charge in [0.05, 0.1) is 34.0 Å². The van der Waals surface area contributed by atoms with E-state index in [4.69, 9.17) is 33.2 Å². The van der Waals surface area contributed by atoms with Crippen molar-refractivity contribution < 1.29 is 48.2 Å². The third kappa shape index (κ3) is 4.80. The average molecular weight is 547 g/mol. The highest BCUT2D eigenvalue weighted by molar-refractivity contribution is 5.89. The largest absolute Gasteiger partial charge is 0.493 e. The maximum absolute atomic E-state index is 11.7. The highest BCUT2D eigenvalue weighted by Gasteiger charge is 2.40. The molecule has 5 unspecified atom stereocenters. The number of carboxylic acids is 1. The Balaban J connectivity index is 2.05. The van der Waals surface area contributed by atoms with Crippen molar-refractivity contribution in [3.63, 3.8) is 0 Å². The van der Waals surface area contributed by atoms with Crippen molar-refractivity contribution in [3.8, 4) is 45.6 Å². The molecule has 2 aliphatic rings. The van der Waals surface area contributed by atoms with Gasteiger partial charge in [-0.15, -0.1) is 0 Å². The third-order valence-corrected chi connectivity index (χ3v) is 8.16. The summed E-state index contributed by atoms with van der Waals surface area (Å²) in [6, 6.07) is 3.85. The molecule has 0 saturated carbocycles. The zero-order valence-electron chi connectivity index (χ0n) is 23.7. The Labute approximate surface area is 228 Å². The summed E-state index contributed by atoms with van der Waals surface area (Å²) in [4.78, 5) is 11.7. The standard InChI is InChI=1S/C29H38O10/c1-14-9-17-10-20-25(39-13-38-20)27(37-12-15(2)29(4,32)28(30)31)21(17)22-18(23(34-6)16(14)3)11-19(33-5)24(35-7)26(22)36-8/h10-11,14-16,23,32H,9,12-13H2,1-8H3,(H,30,31). The minimum atomic E-state index is -2.00. The number of benzene rings is 2. The van der Waals surface area contributed by atoms with Crippen LogP contribution >= 0.6 is 0 Å². The summed E-state index contributed by atoms with van der Waals surface area (Å²) in [5, 5.41) is 20.1. The summed E-state index contributed by atoms with van der Waals surface area (Å²) in [6.07, 6.45) is 0.352. The lowest BCUT2D eigenvalue weighted by atomic mass is 9.76. The van der Waals surface area contributed by atoms with Crippen LogP contribution in [0.5, 0.6) is 34.5 Å². The van der Waals surface area contributed by atoms with Crippen LogP contribution in [0.3, 0.4) is 0 Å². The van der Waals surface area contributed by atoms with Gasteiger partial charge in [-0.1, -0.05) is 20.8 Å². The molecule has 2 aromatic rings. The van der Waals surface area contributed by atoms with E-state index in [0.29, 0.717) is 52.0 Å². The van der Waals surface area contributed by atoms with Crippen LogP contribution in [0, 0.1) is 17.8 Å². The predicted octanol–water partition coefficient (Wildman–Crippen LogP) is 4.47. The summed E-state index contributed by atoms with van der Waals surface area (Å²) >= 11 is 0. The maximum atomic E-state index is 11.7. The first-order valence-electron chi connectivity index (χ1n) is 12.9. The molecule has 0 amide bonds. The van der Waals surface area contributed by atoms with Crippen molar-refractivity contribution in [1.29, 1.82) is 0 Å². The Morgan fingerprint density at radius 3 is 2.33 bits per heavy atom. The van der Waals surface area contributed by atoms with Crippen LogP contribution in [0.15, 0.2) is 12.1 Å². The molecule has 0 saturated heterocycles. The molecule has 0 bridgehead atoms. The zero-order valence-corrected chi connectivity index (χ0v) is 23.7. The SMILES string of the molecule is COc1cc2c(c(OC)c1OC)-c1c(cc3c(c1OCC(C)C(C)(O)C(=O)O)OCO3)CC(C)C(C)C2OC. The first-order chi connectivity index (χ1) is 18.5. The van der Waals surface area contributed by atoms with Gasteiger partial charge >= 0.3 is 5.97 Å². The molecule has 39 heavy (non-hydrogen) atoms. The van der Waals surface area contributed by atoms with Crippen LogP contribution in [0.4, 0.5) is 0 Å². The Morgan fingerprint density at radius 1 is 1.05 bits per heavy atom. The summed E-state index contributed by atoms with van der Waals surface area (Å²) in [5.41, 5.74) is 1.16. The van der Waals surface area contributed by atoms with Crippen LogP contribution < -0.4 is 28.4 Å². The number of carboxylic acid groups (broad SMARTS) is 1. The Hall–Kier alpha value is -3.37. The lowest BCUT2D eigenvalue weighted by molar-refractivity contribution is -0.162. The van der Waals surface area contributed by atoms with Crippen LogP contribution in [-0.2, 0) is 16.0 Å². The fraction of sp³-hybridized carbons (Fsp3) is 0.552. The number of aliphatic hydroxyl groups is 1. The molecule has 214 valence electrons. The molecule has 1 aliphatic carbocycles. The lowest BCUT2D eigenvalue weighted by Crippen LogP contribution is -2.44. The second-order valence-electron chi connectivity index (χ2n) is 10.4. The van der Waals surface area contributed by atoms with Crippen molar-refractivity contribution in [3.05, 3.63) is 23.3 Å². The third-order valence-electron chi connectivity index (χ3n) is 8.16. The Kier molecular flexibility index (Phi) is 8.09. The normalized spacial score (nSPS) is 21.9. The van der Waals surface area contributed by atoms with Crippen molar-refractivity contribution in [2.24, 2.45) is 17.8 Å². The van der Waals surface area contributed by atoms with Gasteiger partial charge in [-0.2, -0.15) is 0 Å². The second kappa shape index (κ2) is 11.0.